The lowest BCUT2D eigenvalue weighted by Crippen LogP contribution is -2.58. The number of halogens is 1. The van der Waals surface area contributed by atoms with Crippen LogP contribution in [-0.4, -0.2) is 29.2 Å². The quantitative estimate of drug-likeness (QED) is 0.784. The zero-order valence-electron chi connectivity index (χ0n) is 16.8. The fraction of sp³-hybridized carbons (Fsp3) is 0.286. The van der Waals surface area contributed by atoms with E-state index < -0.39 is 10.2 Å². The summed E-state index contributed by atoms with van der Waals surface area (Å²) < 4.78 is 32.9. The minimum absolute atomic E-state index is 0.143. The summed E-state index contributed by atoms with van der Waals surface area (Å²) >= 11 is 1.91. The van der Waals surface area contributed by atoms with Crippen LogP contribution in [-0.2, 0) is 0 Å². The third-order valence-electron chi connectivity index (χ3n) is 4.00. The lowest BCUT2D eigenvalue weighted by molar-refractivity contribution is -1.92. The van der Waals surface area contributed by atoms with Crippen LogP contribution in [0.1, 0.15) is 25.8 Å². The Labute approximate surface area is 177 Å². The van der Waals surface area contributed by atoms with Crippen LogP contribution in [0.5, 0.6) is 0 Å². The van der Waals surface area contributed by atoms with E-state index in [0.29, 0.717) is 0 Å². The number of thioether (sulfide) groups is 1. The number of hydrogen-bond donors (Lipinski definition) is 1. The Morgan fingerprint density at radius 2 is 1.62 bits per heavy atom. The first kappa shape index (κ1) is 23.4. The van der Waals surface area contributed by atoms with E-state index in [1.165, 1.54) is 16.1 Å². The van der Waals surface area contributed by atoms with Crippen LogP contribution < -0.4 is 18.9 Å². The lowest BCUT2D eigenvalue weighted by atomic mass is 10.0. The molecule has 156 valence electrons. The molecule has 0 unspecified atom stereocenters. The van der Waals surface area contributed by atoms with E-state index in [9.17, 15) is 0 Å². The summed E-state index contributed by atoms with van der Waals surface area (Å²) in [5.41, 5.74) is 4.63. The van der Waals surface area contributed by atoms with Gasteiger partial charge >= 0.3 is 0 Å². The molecule has 1 aliphatic rings. The normalized spacial score (nSPS) is 15.7. The van der Waals surface area contributed by atoms with Crippen LogP contribution in [0.15, 0.2) is 64.5 Å². The van der Waals surface area contributed by atoms with Gasteiger partial charge in [-0.1, -0.05) is 30.3 Å². The van der Waals surface area contributed by atoms with Crippen LogP contribution in [0.3, 0.4) is 0 Å². The second-order valence-corrected chi connectivity index (χ2v) is 9.87. The van der Waals surface area contributed by atoms with Gasteiger partial charge in [-0.25, -0.2) is 0 Å². The highest BCUT2D eigenvalue weighted by molar-refractivity contribution is 8.00. The molecular weight excluding hydrogens is 412 g/mol. The van der Waals surface area contributed by atoms with Crippen molar-refractivity contribution in [2.45, 2.75) is 29.9 Å². The standard InChI is InChI=1S/C21H24N2S.ClHO4/c1-21(2)15-17(22-19-7-5-6-8-20(19)24-21)12-9-16-10-13-18(14-11-16)23(3)4;2-1(3,4)5/h5-14H,15H2,1-4H3;(H,2,3,4,5)/b12-9+;. The van der Waals surface area contributed by atoms with Crippen molar-refractivity contribution in [2.24, 2.45) is 4.99 Å². The van der Waals surface area contributed by atoms with E-state index in [-0.39, 0.29) is 4.75 Å². The summed E-state index contributed by atoms with van der Waals surface area (Å²) in [6.45, 7) is 4.57. The fourth-order valence-corrected chi connectivity index (χ4v) is 3.95. The first-order chi connectivity index (χ1) is 13.4. The zero-order valence-corrected chi connectivity index (χ0v) is 18.4. The van der Waals surface area contributed by atoms with Crippen LogP contribution in [0.4, 0.5) is 11.4 Å². The fourth-order valence-electron chi connectivity index (χ4n) is 2.77. The molecule has 0 saturated heterocycles. The van der Waals surface area contributed by atoms with E-state index in [1.807, 2.05) is 11.8 Å². The lowest BCUT2D eigenvalue weighted by Gasteiger charge is -2.21. The number of allylic oxidation sites excluding steroid dienone is 1. The molecule has 0 aromatic heterocycles. The molecule has 2 aromatic rings. The van der Waals surface area contributed by atoms with Gasteiger partial charge in [-0.3, -0.25) is 4.99 Å². The number of aliphatic imine (C=N–C) groups is 1. The Balaban J connectivity index is 0.000000537. The van der Waals surface area contributed by atoms with Crippen molar-refractivity contribution in [1.29, 1.82) is 0 Å². The average molecular weight is 437 g/mol. The van der Waals surface area contributed by atoms with Crippen molar-refractivity contribution in [3.05, 3.63) is 60.2 Å². The number of benzene rings is 2. The van der Waals surface area contributed by atoms with Gasteiger partial charge in [0.2, 0.25) is 0 Å². The van der Waals surface area contributed by atoms with Gasteiger partial charge < -0.3 is 4.90 Å². The monoisotopic (exact) mass is 436 g/mol. The van der Waals surface area contributed by atoms with Gasteiger partial charge in [0.05, 0.1) is 20.6 Å². The average Bonchev–Trinajstić information content (AvgIpc) is 2.73. The van der Waals surface area contributed by atoms with Gasteiger partial charge in [-0.2, -0.15) is 14.0 Å². The molecule has 0 bridgehead atoms. The molecule has 29 heavy (non-hydrogen) atoms. The van der Waals surface area contributed by atoms with Crippen LogP contribution in [0.25, 0.3) is 6.08 Å². The molecule has 0 spiro atoms. The maximum Gasteiger partial charge on any atom is 0.0777 e. The summed E-state index contributed by atoms with van der Waals surface area (Å²) in [5.74, 6) is 0. The third-order valence-corrected chi connectivity index (χ3v) is 5.26. The molecule has 2 aromatic carbocycles. The van der Waals surface area contributed by atoms with Crippen molar-refractivity contribution < 1.29 is 28.9 Å². The molecule has 0 fully saturated rings. The molecule has 3 rings (SSSR count). The molecule has 0 aliphatic carbocycles. The minimum atomic E-state index is -4.69. The highest BCUT2D eigenvalue weighted by Crippen LogP contribution is 2.43. The number of nitrogens with zero attached hydrogens (tertiary/aromatic N) is 2. The van der Waals surface area contributed by atoms with Gasteiger partial charge in [0, 0.05) is 41.6 Å². The second kappa shape index (κ2) is 9.75. The van der Waals surface area contributed by atoms with E-state index in [1.54, 1.807) is 0 Å². The van der Waals surface area contributed by atoms with Crippen LogP contribution in [0.2, 0.25) is 0 Å². The zero-order chi connectivity index (χ0) is 21.7. The second-order valence-electron chi connectivity index (χ2n) is 7.32. The van der Waals surface area contributed by atoms with Crippen molar-refractivity contribution >= 4 is 34.9 Å². The SMILES string of the molecule is CN(C)c1ccc(/C=C/C2=Nc3ccccc3SC(C)(C)C2)cc1.[O-][Cl+3]([O-])([O-])O. The molecule has 0 radical (unpaired) electrons. The van der Waals surface area contributed by atoms with Crippen LogP contribution in [0, 0.1) is 10.2 Å². The Bertz CT molecular complexity index is 869. The predicted molar refractivity (Wildman–Crippen MR) is 110 cm³/mol. The number of hydrogen-bond acceptors (Lipinski definition) is 7. The van der Waals surface area contributed by atoms with Crippen molar-refractivity contribution in [2.75, 3.05) is 19.0 Å². The Hall–Kier alpha value is -1.87. The van der Waals surface area contributed by atoms with E-state index in [0.717, 1.165) is 17.8 Å². The smallest absolute Gasteiger partial charge is 0.0777 e. The molecule has 8 heteroatoms. The van der Waals surface area contributed by atoms with E-state index in [4.69, 9.17) is 23.6 Å². The minimum Gasteiger partial charge on any atom is -0.378 e. The van der Waals surface area contributed by atoms with Gasteiger partial charge in [0.1, 0.15) is 0 Å². The topological polar surface area (TPSA) is 105 Å². The number of anilines is 1. The molecule has 6 nitrogen and oxygen atoms in total. The number of rotatable bonds is 3. The van der Waals surface area contributed by atoms with Gasteiger partial charge in [0.15, 0.2) is 0 Å². The number of para-hydroxylation sites is 1. The Morgan fingerprint density at radius 3 is 2.21 bits per heavy atom. The third kappa shape index (κ3) is 8.57. The van der Waals surface area contributed by atoms with E-state index in [2.05, 4.69) is 93.5 Å². The van der Waals surface area contributed by atoms with Crippen molar-refractivity contribution in [1.82, 2.24) is 0 Å². The summed E-state index contributed by atoms with van der Waals surface area (Å²) in [5, 5.41) is 0. The van der Waals surface area contributed by atoms with Crippen molar-refractivity contribution in [3.63, 3.8) is 0 Å². The predicted octanol–water partition coefficient (Wildman–Crippen LogP) is 1.69. The molecule has 1 aliphatic heterocycles. The molecule has 1 N–H and O–H groups in total. The van der Waals surface area contributed by atoms with Crippen LogP contribution >= 0.6 is 11.8 Å². The largest absolute Gasteiger partial charge is 0.378 e. The van der Waals surface area contributed by atoms with Gasteiger partial charge in [-0.15, -0.1) is 11.8 Å². The first-order valence-corrected chi connectivity index (χ1v) is 11.0. The molecular formula is C21H25ClN2O4S. The highest BCUT2D eigenvalue weighted by Gasteiger charge is 2.25. The van der Waals surface area contributed by atoms with Gasteiger partial charge in [-0.05, 0) is 49.8 Å². The molecule has 0 saturated carbocycles. The molecule has 1 heterocycles. The maximum atomic E-state index is 8.60. The van der Waals surface area contributed by atoms with Crippen molar-refractivity contribution in [3.8, 4) is 0 Å². The Kier molecular flexibility index (Phi) is 7.87. The summed E-state index contributed by atoms with van der Waals surface area (Å²) in [6.07, 6.45) is 5.28. The highest BCUT2D eigenvalue weighted by atomic mass is 35.7. The first-order valence-electron chi connectivity index (χ1n) is 8.87. The summed E-state index contributed by atoms with van der Waals surface area (Å²) in [7, 11) is -0.579. The molecule has 0 atom stereocenters. The number of fused-ring (bicyclic) bond motifs is 1. The van der Waals surface area contributed by atoms with E-state index >= 15 is 0 Å². The molecule has 0 amide bonds. The van der Waals surface area contributed by atoms with Gasteiger partial charge in [0.25, 0.3) is 0 Å². The summed E-state index contributed by atoms with van der Waals surface area (Å²) in [4.78, 5) is 8.27. The Morgan fingerprint density at radius 1 is 1.03 bits per heavy atom. The summed E-state index contributed by atoms with van der Waals surface area (Å²) in [6, 6.07) is 17.0. The maximum absolute atomic E-state index is 8.60.